The van der Waals surface area contributed by atoms with Crippen molar-refractivity contribution in [1.29, 1.82) is 0 Å². The number of halogens is 2. The van der Waals surface area contributed by atoms with Crippen molar-refractivity contribution in [2.75, 3.05) is 20.8 Å². The zero-order chi connectivity index (χ0) is 16.6. The van der Waals surface area contributed by atoms with E-state index in [1.807, 2.05) is 0 Å². The van der Waals surface area contributed by atoms with Crippen LogP contribution in [0.4, 0.5) is 4.39 Å². The number of hydrogen-bond donors (Lipinski definition) is 0. The predicted octanol–water partition coefficient (Wildman–Crippen LogP) is 3.09. The van der Waals surface area contributed by atoms with Crippen LogP contribution in [-0.4, -0.2) is 36.6 Å². The molecule has 0 spiro atoms. The Morgan fingerprint density at radius 3 is 3.00 bits per heavy atom. The molecule has 1 amide bonds. The molecule has 1 aromatic carbocycles. The summed E-state index contributed by atoms with van der Waals surface area (Å²) >= 11 is 5.93. The monoisotopic (exact) mass is 336 g/mol. The highest BCUT2D eigenvalue weighted by molar-refractivity contribution is 6.30. The number of amides is 1. The summed E-state index contributed by atoms with van der Waals surface area (Å²) in [5.74, 6) is -0.0305. The van der Waals surface area contributed by atoms with E-state index in [2.05, 4.69) is 4.98 Å². The van der Waals surface area contributed by atoms with Gasteiger partial charge in [0.05, 0.1) is 18.2 Å². The quantitative estimate of drug-likeness (QED) is 0.864. The van der Waals surface area contributed by atoms with Crippen LogP contribution in [-0.2, 0) is 0 Å². The van der Waals surface area contributed by atoms with Gasteiger partial charge >= 0.3 is 0 Å². The molecule has 2 heterocycles. The van der Waals surface area contributed by atoms with Crippen LogP contribution < -0.4 is 9.47 Å². The number of carbonyl (C=O) groups excluding carboxylic acids is 1. The van der Waals surface area contributed by atoms with E-state index >= 15 is 0 Å². The lowest BCUT2D eigenvalue weighted by atomic mass is 10.1. The smallest absolute Gasteiger partial charge is 0.259 e. The van der Waals surface area contributed by atoms with Gasteiger partial charge in [-0.3, -0.25) is 4.79 Å². The van der Waals surface area contributed by atoms with Crippen molar-refractivity contribution in [3.63, 3.8) is 0 Å². The minimum absolute atomic E-state index is 0.199. The van der Waals surface area contributed by atoms with Crippen LogP contribution in [0.5, 0.6) is 11.6 Å². The molecule has 23 heavy (non-hydrogen) atoms. The first-order valence-corrected chi connectivity index (χ1v) is 7.28. The van der Waals surface area contributed by atoms with Gasteiger partial charge in [-0.15, -0.1) is 0 Å². The van der Waals surface area contributed by atoms with Crippen LogP contribution >= 0.6 is 11.6 Å². The van der Waals surface area contributed by atoms with E-state index in [9.17, 15) is 9.18 Å². The summed E-state index contributed by atoms with van der Waals surface area (Å²) in [6.45, 7) is 0.261. The molecule has 0 radical (unpaired) electrons. The fourth-order valence-corrected chi connectivity index (χ4v) is 2.72. The first-order chi connectivity index (χ1) is 11.0. The number of benzene rings is 1. The molecule has 1 aromatic heterocycles. The number of methoxy groups -OCH3 is 1. The topological polar surface area (TPSA) is 51.7 Å². The minimum atomic E-state index is -0.376. The van der Waals surface area contributed by atoms with Gasteiger partial charge in [0.15, 0.2) is 0 Å². The van der Waals surface area contributed by atoms with Gasteiger partial charge in [0.25, 0.3) is 5.91 Å². The van der Waals surface area contributed by atoms with Crippen LogP contribution in [0, 0.1) is 5.82 Å². The summed E-state index contributed by atoms with van der Waals surface area (Å²) in [7, 11) is 3.08. The average Bonchev–Trinajstić information content (AvgIpc) is 2.96. The van der Waals surface area contributed by atoms with E-state index in [1.54, 1.807) is 13.1 Å². The molecule has 0 fully saturated rings. The van der Waals surface area contributed by atoms with Gasteiger partial charge < -0.3 is 14.4 Å². The maximum absolute atomic E-state index is 13.3. The molecule has 1 aliphatic rings. The Bertz CT molecular complexity index is 769. The van der Waals surface area contributed by atoms with E-state index in [4.69, 9.17) is 21.1 Å². The number of likely N-dealkylation sites (N-methyl/N-ethyl adjacent to an activating group) is 1. The predicted molar refractivity (Wildman–Crippen MR) is 82.5 cm³/mol. The van der Waals surface area contributed by atoms with E-state index < -0.39 is 0 Å². The maximum Gasteiger partial charge on any atom is 0.259 e. The standard InChI is InChI=1S/C16H14ClFN2O3/c1-20(13-8-23-14-6-10(18)3-4-11(13)14)16(21)12-5-9(17)7-19-15(12)22-2/h3-7,13H,8H2,1-2H3. The van der Waals surface area contributed by atoms with Gasteiger partial charge in [-0.25, -0.2) is 9.37 Å². The molecule has 0 aliphatic carbocycles. The largest absolute Gasteiger partial charge is 0.491 e. The lowest BCUT2D eigenvalue weighted by molar-refractivity contribution is 0.0704. The molecular formula is C16H14ClFN2O3. The number of aromatic nitrogens is 1. The zero-order valence-corrected chi connectivity index (χ0v) is 13.3. The Hall–Kier alpha value is -2.34. The molecule has 0 bridgehead atoms. The molecule has 1 atom stereocenters. The van der Waals surface area contributed by atoms with Crippen molar-refractivity contribution in [3.8, 4) is 11.6 Å². The van der Waals surface area contributed by atoms with E-state index in [0.717, 1.165) is 5.56 Å². The molecule has 1 aliphatic heterocycles. The van der Waals surface area contributed by atoms with Gasteiger partial charge in [0, 0.05) is 24.9 Å². The van der Waals surface area contributed by atoms with Crippen molar-refractivity contribution in [2.45, 2.75) is 6.04 Å². The molecule has 0 saturated heterocycles. The summed E-state index contributed by atoms with van der Waals surface area (Å²) in [6, 6.07) is 5.48. The lowest BCUT2D eigenvalue weighted by Crippen LogP contribution is -2.32. The van der Waals surface area contributed by atoms with E-state index in [1.165, 1.54) is 36.4 Å². The molecule has 0 saturated carbocycles. The Labute approximate surface area is 137 Å². The highest BCUT2D eigenvalue weighted by atomic mass is 35.5. The molecule has 3 rings (SSSR count). The second-order valence-corrected chi connectivity index (χ2v) is 5.57. The molecule has 5 nitrogen and oxygen atoms in total. The third-order valence-electron chi connectivity index (χ3n) is 3.76. The number of fused-ring (bicyclic) bond motifs is 1. The Kier molecular flexibility index (Phi) is 4.09. The van der Waals surface area contributed by atoms with Crippen LogP contribution in [0.1, 0.15) is 22.0 Å². The highest BCUT2D eigenvalue weighted by Gasteiger charge is 2.32. The highest BCUT2D eigenvalue weighted by Crippen LogP contribution is 2.37. The fraction of sp³-hybridized carbons (Fsp3) is 0.250. The van der Waals surface area contributed by atoms with Crippen molar-refractivity contribution in [1.82, 2.24) is 9.88 Å². The zero-order valence-electron chi connectivity index (χ0n) is 12.5. The minimum Gasteiger partial charge on any atom is -0.491 e. The van der Waals surface area contributed by atoms with Crippen molar-refractivity contribution in [3.05, 3.63) is 52.4 Å². The molecule has 7 heteroatoms. The van der Waals surface area contributed by atoms with Crippen molar-refractivity contribution >= 4 is 17.5 Å². The second-order valence-electron chi connectivity index (χ2n) is 5.14. The Morgan fingerprint density at radius 1 is 1.48 bits per heavy atom. The normalized spacial score (nSPS) is 15.7. The number of nitrogens with zero attached hydrogens (tertiary/aromatic N) is 2. The number of ether oxygens (including phenoxy) is 2. The molecule has 120 valence electrons. The summed E-state index contributed by atoms with van der Waals surface area (Å²) in [5, 5.41) is 0.340. The third kappa shape index (κ3) is 2.82. The number of hydrogen-bond acceptors (Lipinski definition) is 4. The lowest BCUT2D eigenvalue weighted by Gasteiger charge is -2.24. The second kappa shape index (κ2) is 6.04. The third-order valence-corrected chi connectivity index (χ3v) is 3.97. The van der Waals surface area contributed by atoms with E-state index in [-0.39, 0.29) is 35.8 Å². The SMILES string of the molecule is COc1ncc(Cl)cc1C(=O)N(C)C1COc2cc(F)ccc21. The molecule has 0 N–H and O–H groups in total. The summed E-state index contributed by atoms with van der Waals surface area (Å²) in [6.07, 6.45) is 1.41. The van der Waals surface area contributed by atoms with Crippen LogP contribution in [0.15, 0.2) is 30.5 Å². The van der Waals surface area contributed by atoms with Crippen LogP contribution in [0.25, 0.3) is 0 Å². The molecule has 2 aromatic rings. The van der Waals surface area contributed by atoms with Gasteiger partial charge in [0.1, 0.15) is 23.7 Å². The number of pyridine rings is 1. The average molecular weight is 337 g/mol. The first kappa shape index (κ1) is 15.6. The molecular weight excluding hydrogens is 323 g/mol. The fourth-order valence-electron chi connectivity index (χ4n) is 2.56. The van der Waals surface area contributed by atoms with Gasteiger partial charge in [0.2, 0.25) is 5.88 Å². The Balaban J connectivity index is 1.92. The Morgan fingerprint density at radius 2 is 2.26 bits per heavy atom. The van der Waals surface area contributed by atoms with Gasteiger partial charge in [-0.1, -0.05) is 17.7 Å². The van der Waals surface area contributed by atoms with Crippen molar-refractivity contribution in [2.24, 2.45) is 0 Å². The summed E-state index contributed by atoms with van der Waals surface area (Å²) in [5.41, 5.74) is 1.02. The van der Waals surface area contributed by atoms with Crippen molar-refractivity contribution < 1.29 is 18.7 Å². The maximum atomic E-state index is 13.3. The number of carbonyl (C=O) groups is 1. The summed E-state index contributed by atoms with van der Waals surface area (Å²) in [4.78, 5) is 18.3. The van der Waals surface area contributed by atoms with Gasteiger partial charge in [-0.2, -0.15) is 0 Å². The van der Waals surface area contributed by atoms with Gasteiger partial charge in [-0.05, 0) is 12.1 Å². The molecule has 1 unspecified atom stereocenters. The van der Waals surface area contributed by atoms with Crippen LogP contribution in [0.2, 0.25) is 5.02 Å². The van der Waals surface area contributed by atoms with Crippen LogP contribution in [0.3, 0.4) is 0 Å². The first-order valence-electron chi connectivity index (χ1n) is 6.90. The van der Waals surface area contributed by atoms with E-state index in [0.29, 0.717) is 10.8 Å². The summed E-state index contributed by atoms with van der Waals surface area (Å²) < 4.78 is 23.9. The number of rotatable bonds is 3.